The summed E-state index contributed by atoms with van der Waals surface area (Å²) in [6.45, 7) is 3.82. The van der Waals surface area contributed by atoms with E-state index in [4.69, 9.17) is 18.9 Å². The largest absolute Gasteiger partial charge is 0.465 e. The summed E-state index contributed by atoms with van der Waals surface area (Å²) in [7, 11) is 1.21. The first-order valence-electron chi connectivity index (χ1n) is 12.1. The zero-order valence-corrected chi connectivity index (χ0v) is 20.3. The lowest BCUT2D eigenvalue weighted by Gasteiger charge is -2.29. The molecule has 35 heavy (non-hydrogen) atoms. The van der Waals surface area contributed by atoms with E-state index in [2.05, 4.69) is 10.6 Å². The van der Waals surface area contributed by atoms with E-state index < -0.39 is 35.9 Å². The number of benzene rings is 1. The first-order valence-corrected chi connectivity index (χ1v) is 12.1. The number of aliphatic hydroxyl groups excluding tert-OH is 1. The number of carbonyl (C=O) groups is 3. The standard InChI is InChI=1S/C25H34N2O8/c1-24(2)34-20-19(28)18(33-25(20,35-24)23(31)32-3)14-27-22(30)17-11-9-15(10-12-17)13-26-21(29)16-7-5-4-6-8-16/h4-8,15,17-20,28H,9-14H2,1-3H3,(H,26,29)(H,27,30)/t15?,17?,18?,19?,20-,25+/m0/s1. The van der Waals surface area contributed by atoms with Gasteiger partial charge in [-0.05, 0) is 57.6 Å². The van der Waals surface area contributed by atoms with E-state index in [0.29, 0.717) is 30.9 Å². The summed E-state index contributed by atoms with van der Waals surface area (Å²) in [5.41, 5.74) is 0.634. The minimum atomic E-state index is -1.87. The fourth-order valence-electron chi connectivity index (χ4n) is 5.12. The van der Waals surface area contributed by atoms with Gasteiger partial charge in [-0.15, -0.1) is 0 Å². The second-order valence-corrected chi connectivity index (χ2v) is 9.89. The summed E-state index contributed by atoms with van der Waals surface area (Å²) in [6.07, 6.45) is -0.0424. The molecule has 1 aromatic carbocycles. The zero-order chi connectivity index (χ0) is 25.2. The Balaban J connectivity index is 1.23. The highest BCUT2D eigenvalue weighted by Crippen LogP contribution is 2.46. The summed E-state index contributed by atoms with van der Waals surface area (Å²) in [5.74, 6) is -3.84. The van der Waals surface area contributed by atoms with Gasteiger partial charge in [-0.2, -0.15) is 0 Å². The third-order valence-electron chi connectivity index (χ3n) is 6.95. The summed E-state index contributed by atoms with van der Waals surface area (Å²) in [4.78, 5) is 37.4. The van der Waals surface area contributed by atoms with E-state index >= 15 is 0 Å². The molecule has 10 heteroatoms. The highest BCUT2D eigenvalue weighted by atomic mass is 16.9. The van der Waals surface area contributed by atoms with Gasteiger partial charge in [0.2, 0.25) is 5.91 Å². The number of nitrogens with one attached hydrogen (secondary N) is 2. The topological polar surface area (TPSA) is 132 Å². The van der Waals surface area contributed by atoms with Crippen molar-refractivity contribution in [2.75, 3.05) is 20.2 Å². The second kappa shape index (κ2) is 10.2. The van der Waals surface area contributed by atoms with Gasteiger partial charge >= 0.3 is 11.8 Å². The van der Waals surface area contributed by atoms with Crippen LogP contribution in [0.3, 0.4) is 0 Å². The van der Waals surface area contributed by atoms with Crippen LogP contribution in [0.1, 0.15) is 49.9 Å². The predicted molar refractivity (Wildman–Crippen MR) is 123 cm³/mol. The van der Waals surface area contributed by atoms with Crippen molar-refractivity contribution in [3.8, 4) is 0 Å². The minimum absolute atomic E-state index is 0.00938. The SMILES string of the molecule is COC(=O)[C@@]12OC(CNC(=O)C3CCC(CNC(=O)c4ccccc4)CC3)C(O)[C@@H]1OC(C)(C)O2. The molecule has 4 rings (SSSR count). The van der Waals surface area contributed by atoms with E-state index in [1.54, 1.807) is 26.0 Å². The lowest BCUT2D eigenvalue weighted by molar-refractivity contribution is -0.263. The first-order chi connectivity index (χ1) is 16.6. The normalized spacial score (nSPS) is 33.5. The van der Waals surface area contributed by atoms with Crippen molar-refractivity contribution in [3.05, 3.63) is 35.9 Å². The van der Waals surface area contributed by atoms with E-state index in [0.717, 1.165) is 12.8 Å². The Morgan fingerprint density at radius 2 is 1.71 bits per heavy atom. The molecule has 1 saturated carbocycles. The van der Waals surface area contributed by atoms with Gasteiger partial charge in [0, 0.05) is 24.6 Å². The summed E-state index contributed by atoms with van der Waals surface area (Å²) < 4.78 is 22.0. The summed E-state index contributed by atoms with van der Waals surface area (Å²) in [6, 6.07) is 9.09. The number of esters is 1. The molecule has 3 aliphatic rings. The van der Waals surface area contributed by atoms with E-state index in [9.17, 15) is 19.5 Å². The lowest BCUT2D eigenvalue weighted by atomic mass is 9.81. The number of rotatable bonds is 7. The fraction of sp³-hybridized carbons (Fsp3) is 0.640. The van der Waals surface area contributed by atoms with Gasteiger partial charge in [0.15, 0.2) is 11.9 Å². The molecule has 2 aliphatic heterocycles. The second-order valence-electron chi connectivity index (χ2n) is 9.89. The van der Waals surface area contributed by atoms with Gasteiger partial charge < -0.3 is 34.7 Å². The number of hydrogen-bond acceptors (Lipinski definition) is 8. The van der Waals surface area contributed by atoms with Crippen LogP contribution in [0.5, 0.6) is 0 Å². The molecule has 0 spiro atoms. The average Bonchev–Trinajstić information content (AvgIpc) is 3.29. The molecule has 0 bridgehead atoms. The molecule has 4 atom stereocenters. The van der Waals surface area contributed by atoms with Gasteiger partial charge in [-0.1, -0.05) is 18.2 Å². The number of amides is 2. The van der Waals surface area contributed by atoms with Gasteiger partial charge in [-0.3, -0.25) is 9.59 Å². The van der Waals surface area contributed by atoms with Gasteiger partial charge in [0.25, 0.3) is 5.91 Å². The monoisotopic (exact) mass is 490 g/mol. The highest BCUT2D eigenvalue weighted by molar-refractivity contribution is 5.94. The molecular formula is C25H34N2O8. The Hall–Kier alpha value is -2.53. The molecule has 3 N–H and O–H groups in total. The zero-order valence-electron chi connectivity index (χ0n) is 20.3. The maximum atomic E-state index is 12.8. The number of ether oxygens (including phenoxy) is 4. The van der Waals surface area contributed by atoms with Crippen molar-refractivity contribution < 1.29 is 38.4 Å². The van der Waals surface area contributed by atoms with Gasteiger partial charge in [-0.25, -0.2) is 4.79 Å². The number of aliphatic hydroxyl groups is 1. The third kappa shape index (κ3) is 5.35. The first kappa shape index (κ1) is 25.6. The molecule has 1 aliphatic carbocycles. The van der Waals surface area contributed by atoms with Crippen molar-refractivity contribution >= 4 is 17.8 Å². The van der Waals surface area contributed by atoms with Crippen molar-refractivity contribution in [3.63, 3.8) is 0 Å². The smallest absolute Gasteiger partial charge is 0.369 e. The van der Waals surface area contributed by atoms with Crippen molar-refractivity contribution in [1.29, 1.82) is 0 Å². The molecule has 2 heterocycles. The van der Waals surface area contributed by atoms with Crippen LogP contribution in [0, 0.1) is 11.8 Å². The Morgan fingerprint density at radius 1 is 1.03 bits per heavy atom. The molecule has 1 aromatic rings. The third-order valence-corrected chi connectivity index (χ3v) is 6.95. The number of hydrogen-bond donors (Lipinski definition) is 3. The number of fused-ring (bicyclic) bond motifs is 1. The van der Waals surface area contributed by atoms with Crippen molar-refractivity contribution in [2.24, 2.45) is 11.8 Å². The molecule has 2 amide bonds. The predicted octanol–water partition coefficient (Wildman–Crippen LogP) is 1.12. The maximum absolute atomic E-state index is 12.8. The fourth-order valence-corrected chi connectivity index (χ4v) is 5.12. The summed E-state index contributed by atoms with van der Waals surface area (Å²) in [5, 5.41) is 16.5. The molecular weight excluding hydrogens is 456 g/mol. The molecule has 192 valence electrons. The average molecular weight is 491 g/mol. The molecule has 2 unspecified atom stereocenters. The van der Waals surface area contributed by atoms with Gasteiger partial charge in [0.05, 0.1) is 7.11 Å². The van der Waals surface area contributed by atoms with Crippen LogP contribution in [0.2, 0.25) is 0 Å². The minimum Gasteiger partial charge on any atom is -0.465 e. The summed E-state index contributed by atoms with van der Waals surface area (Å²) >= 11 is 0. The van der Waals surface area contributed by atoms with Crippen LogP contribution in [-0.4, -0.2) is 73.0 Å². The number of methoxy groups -OCH3 is 1. The Labute approximate surface area is 204 Å². The van der Waals surface area contributed by atoms with E-state index in [-0.39, 0.29) is 24.3 Å². The van der Waals surface area contributed by atoms with Crippen LogP contribution in [0.4, 0.5) is 0 Å². The Morgan fingerprint density at radius 3 is 2.37 bits per heavy atom. The van der Waals surface area contributed by atoms with Crippen LogP contribution >= 0.6 is 0 Å². The van der Waals surface area contributed by atoms with Crippen LogP contribution in [0.25, 0.3) is 0 Å². The molecule has 2 saturated heterocycles. The van der Waals surface area contributed by atoms with Crippen LogP contribution in [-0.2, 0) is 28.5 Å². The quantitative estimate of drug-likeness (QED) is 0.485. The van der Waals surface area contributed by atoms with E-state index in [1.165, 1.54) is 7.11 Å². The van der Waals surface area contributed by atoms with Crippen LogP contribution < -0.4 is 10.6 Å². The van der Waals surface area contributed by atoms with Gasteiger partial charge in [0.1, 0.15) is 12.2 Å². The van der Waals surface area contributed by atoms with Crippen molar-refractivity contribution in [2.45, 2.75) is 69.4 Å². The highest BCUT2D eigenvalue weighted by Gasteiger charge is 2.69. The van der Waals surface area contributed by atoms with Crippen molar-refractivity contribution in [1.82, 2.24) is 10.6 Å². The Kier molecular flexibility index (Phi) is 7.46. The molecule has 10 nitrogen and oxygen atoms in total. The van der Waals surface area contributed by atoms with E-state index in [1.807, 2.05) is 18.2 Å². The maximum Gasteiger partial charge on any atom is 0.369 e. The molecule has 0 aromatic heterocycles. The lowest BCUT2D eigenvalue weighted by Crippen LogP contribution is -2.48. The number of carbonyl (C=O) groups excluding carboxylic acids is 3. The van der Waals surface area contributed by atoms with Crippen LogP contribution in [0.15, 0.2) is 30.3 Å². The molecule has 3 fully saturated rings. The Bertz CT molecular complexity index is 931. The molecule has 0 radical (unpaired) electrons.